The zero-order valence-electron chi connectivity index (χ0n) is 12.3. The maximum atomic E-state index is 14.0. The van der Waals surface area contributed by atoms with Crippen LogP contribution in [0, 0.1) is 5.82 Å². The van der Waals surface area contributed by atoms with E-state index in [1.54, 1.807) is 18.3 Å². The van der Waals surface area contributed by atoms with E-state index in [-0.39, 0.29) is 11.9 Å². The number of nitrogens with one attached hydrogen (secondary N) is 1. The molecule has 1 N–H and O–H groups in total. The zero-order valence-corrected chi connectivity index (χ0v) is 12.3. The summed E-state index contributed by atoms with van der Waals surface area (Å²) in [4.78, 5) is 0. The Labute approximate surface area is 123 Å². The van der Waals surface area contributed by atoms with Gasteiger partial charge in [0, 0.05) is 24.2 Å². The Bertz CT molecular complexity index is 620. The minimum absolute atomic E-state index is 0.239. The maximum Gasteiger partial charge on any atom is 0.165 e. The molecule has 0 atom stereocenters. The van der Waals surface area contributed by atoms with Crippen molar-refractivity contribution < 1.29 is 9.13 Å². The topological polar surface area (TPSA) is 39.1 Å². The first-order valence-corrected chi connectivity index (χ1v) is 7.36. The molecule has 4 nitrogen and oxygen atoms in total. The van der Waals surface area contributed by atoms with Crippen LogP contribution in [0.2, 0.25) is 0 Å². The lowest BCUT2D eigenvalue weighted by Crippen LogP contribution is -2.16. The molecule has 0 aliphatic heterocycles. The number of benzene rings is 1. The molecule has 1 aliphatic rings. The maximum absolute atomic E-state index is 14.0. The molecule has 1 saturated carbocycles. The van der Waals surface area contributed by atoms with E-state index in [0.29, 0.717) is 29.6 Å². The van der Waals surface area contributed by atoms with E-state index in [1.807, 2.05) is 24.7 Å². The van der Waals surface area contributed by atoms with Crippen molar-refractivity contribution >= 4 is 0 Å². The Hall–Kier alpha value is -1.88. The summed E-state index contributed by atoms with van der Waals surface area (Å²) in [7, 11) is 0. The van der Waals surface area contributed by atoms with Crippen LogP contribution in [-0.4, -0.2) is 15.8 Å². The van der Waals surface area contributed by atoms with Gasteiger partial charge in [0.1, 0.15) is 11.6 Å². The highest BCUT2D eigenvalue weighted by atomic mass is 19.1. The average molecular weight is 289 g/mol. The molecule has 1 fully saturated rings. The van der Waals surface area contributed by atoms with Crippen LogP contribution < -0.4 is 10.1 Å². The summed E-state index contributed by atoms with van der Waals surface area (Å²) in [6, 6.07) is 5.72. The Kier molecular flexibility index (Phi) is 3.92. The molecule has 0 unspecified atom stereocenters. The second-order valence-corrected chi connectivity index (χ2v) is 5.72. The van der Waals surface area contributed by atoms with Crippen LogP contribution >= 0.6 is 0 Å². The molecule has 1 heterocycles. The van der Waals surface area contributed by atoms with Crippen molar-refractivity contribution in [3.05, 3.63) is 42.0 Å². The molecule has 1 aromatic heterocycles. The number of hydrogen-bond donors (Lipinski definition) is 1. The van der Waals surface area contributed by atoms with E-state index in [2.05, 4.69) is 10.4 Å². The van der Waals surface area contributed by atoms with Gasteiger partial charge in [-0.05, 0) is 38.8 Å². The van der Waals surface area contributed by atoms with E-state index in [4.69, 9.17) is 4.74 Å². The first kappa shape index (κ1) is 14.1. The number of nitrogens with zero attached hydrogens (tertiary/aromatic N) is 2. The van der Waals surface area contributed by atoms with Crippen LogP contribution in [-0.2, 0) is 6.54 Å². The van der Waals surface area contributed by atoms with Gasteiger partial charge in [-0.2, -0.15) is 5.10 Å². The molecule has 0 radical (unpaired) electrons. The van der Waals surface area contributed by atoms with Gasteiger partial charge in [0.05, 0.1) is 12.4 Å². The van der Waals surface area contributed by atoms with Crippen molar-refractivity contribution in [1.29, 1.82) is 0 Å². The van der Waals surface area contributed by atoms with Gasteiger partial charge < -0.3 is 10.1 Å². The molecule has 0 bridgehead atoms. The molecule has 1 aliphatic carbocycles. The summed E-state index contributed by atoms with van der Waals surface area (Å²) in [5.74, 6) is 0.935. The van der Waals surface area contributed by atoms with Crippen molar-refractivity contribution in [2.75, 3.05) is 0 Å². The number of hydrogen-bond acceptors (Lipinski definition) is 3. The molecule has 112 valence electrons. The normalized spacial score (nSPS) is 14.7. The second kappa shape index (κ2) is 5.85. The molecule has 21 heavy (non-hydrogen) atoms. The van der Waals surface area contributed by atoms with E-state index < -0.39 is 0 Å². The zero-order chi connectivity index (χ0) is 14.8. The lowest BCUT2D eigenvalue weighted by molar-refractivity contribution is 0.458. The third-order valence-electron chi connectivity index (χ3n) is 3.56. The number of ether oxygens (including phenoxy) is 1. The smallest absolute Gasteiger partial charge is 0.165 e. The molecular weight excluding hydrogens is 269 g/mol. The highest BCUT2D eigenvalue weighted by Crippen LogP contribution is 2.28. The minimum atomic E-state index is -0.239. The first-order chi connectivity index (χ1) is 10.1. The molecular formula is C16H20FN3O. The summed E-state index contributed by atoms with van der Waals surface area (Å²) in [5, 5.41) is 7.55. The Balaban J connectivity index is 1.77. The molecule has 0 saturated heterocycles. The van der Waals surface area contributed by atoms with Crippen molar-refractivity contribution in [2.24, 2.45) is 0 Å². The fourth-order valence-corrected chi connectivity index (χ4v) is 2.12. The summed E-state index contributed by atoms with van der Waals surface area (Å²) in [6.07, 6.45) is 5.83. The van der Waals surface area contributed by atoms with Gasteiger partial charge in [-0.15, -0.1) is 0 Å². The average Bonchev–Trinajstić information content (AvgIpc) is 3.15. The van der Waals surface area contributed by atoms with E-state index in [0.717, 1.165) is 0 Å². The summed E-state index contributed by atoms with van der Waals surface area (Å²) in [6.45, 7) is 4.58. The van der Waals surface area contributed by atoms with Gasteiger partial charge in [-0.3, -0.25) is 4.68 Å². The molecule has 2 aromatic rings. The fraction of sp³-hybridized carbons (Fsp3) is 0.438. The highest BCUT2D eigenvalue weighted by molar-refractivity contribution is 5.37. The minimum Gasteiger partial charge on any atom is -0.454 e. The van der Waals surface area contributed by atoms with Crippen LogP contribution in [0.15, 0.2) is 30.6 Å². The lowest BCUT2D eigenvalue weighted by atomic mass is 10.2. The van der Waals surface area contributed by atoms with Crippen LogP contribution in [0.1, 0.15) is 38.3 Å². The predicted molar refractivity (Wildman–Crippen MR) is 78.9 cm³/mol. The molecule has 5 heteroatoms. The van der Waals surface area contributed by atoms with Crippen molar-refractivity contribution in [1.82, 2.24) is 15.1 Å². The predicted octanol–water partition coefficient (Wildman–Crippen LogP) is 3.65. The Morgan fingerprint density at radius 1 is 1.43 bits per heavy atom. The van der Waals surface area contributed by atoms with Crippen LogP contribution in [0.4, 0.5) is 4.39 Å². The van der Waals surface area contributed by atoms with Gasteiger partial charge in [0.15, 0.2) is 5.75 Å². The van der Waals surface area contributed by atoms with Crippen molar-refractivity contribution in [3.63, 3.8) is 0 Å². The van der Waals surface area contributed by atoms with E-state index >= 15 is 0 Å². The monoisotopic (exact) mass is 289 g/mol. The summed E-state index contributed by atoms with van der Waals surface area (Å²) in [5.41, 5.74) is 0.571. The van der Waals surface area contributed by atoms with Gasteiger partial charge in [0.2, 0.25) is 0 Å². The molecule has 3 rings (SSSR count). The number of halogens is 1. The first-order valence-electron chi connectivity index (χ1n) is 7.36. The molecule has 1 aromatic carbocycles. The van der Waals surface area contributed by atoms with Gasteiger partial charge >= 0.3 is 0 Å². The molecule has 0 spiro atoms. The van der Waals surface area contributed by atoms with Gasteiger partial charge in [0.25, 0.3) is 0 Å². The van der Waals surface area contributed by atoms with Crippen LogP contribution in [0.25, 0.3) is 0 Å². The van der Waals surface area contributed by atoms with Gasteiger partial charge in [-0.25, -0.2) is 4.39 Å². The third-order valence-corrected chi connectivity index (χ3v) is 3.56. The highest BCUT2D eigenvalue weighted by Gasteiger charge is 2.21. The van der Waals surface area contributed by atoms with E-state index in [1.165, 1.54) is 18.9 Å². The Morgan fingerprint density at radius 3 is 2.90 bits per heavy atom. The quantitative estimate of drug-likeness (QED) is 0.882. The van der Waals surface area contributed by atoms with E-state index in [9.17, 15) is 4.39 Å². The van der Waals surface area contributed by atoms with Gasteiger partial charge in [-0.1, -0.05) is 6.07 Å². The molecule has 0 amide bonds. The summed E-state index contributed by atoms with van der Waals surface area (Å²) < 4.78 is 21.6. The van der Waals surface area contributed by atoms with Crippen LogP contribution in [0.5, 0.6) is 11.5 Å². The SMILES string of the molecule is CC(C)n1cc(Oc2cccc(F)c2CNC2CC2)cn1. The second-order valence-electron chi connectivity index (χ2n) is 5.72. The summed E-state index contributed by atoms with van der Waals surface area (Å²) >= 11 is 0. The van der Waals surface area contributed by atoms with Crippen molar-refractivity contribution in [2.45, 2.75) is 45.3 Å². The lowest BCUT2D eigenvalue weighted by Gasteiger charge is -2.11. The Morgan fingerprint density at radius 2 is 2.24 bits per heavy atom. The fourth-order valence-electron chi connectivity index (χ4n) is 2.12. The van der Waals surface area contributed by atoms with Crippen molar-refractivity contribution in [3.8, 4) is 11.5 Å². The standard InChI is InChI=1S/C16H20FN3O/c1-11(2)20-10-13(8-19-20)21-16-5-3-4-15(17)14(16)9-18-12-6-7-12/h3-5,8,10-12,18H,6-7,9H2,1-2H3. The van der Waals surface area contributed by atoms with Crippen LogP contribution in [0.3, 0.4) is 0 Å². The largest absolute Gasteiger partial charge is 0.454 e. The number of aromatic nitrogens is 2. The number of rotatable bonds is 6. The third kappa shape index (κ3) is 3.42.